The lowest BCUT2D eigenvalue weighted by Gasteiger charge is -2.15. The number of carbonyl (C=O) groups is 2. The smallest absolute Gasteiger partial charge is 0.366 e. The molecule has 7 heteroatoms. The molecule has 0 heterocycles. The van der Waals surface area contributed by atoms with Crippen LogP contribution in [0.2, 0.25) is 0 Å². The van der Waals surface area contributed by atoms with E-state index in [1.807, 2.05) is 12.2 Å². The Bertz CT molecular complexity index is 823. The number of ether oxygens (including phenoxy) is 2. The van der Waals surface area contributed by atoms with Gasteiger partial charge in [-0.3, -0.25) is 4.79 Å². The van der Waals surface area contributed by atoms with Crippen LogP contribution in [0.4, 0.5) is 4.39 Å². The number of carbonyl (C=O) groups excluding carboxylic acids is 2. The Morgan fingerprint density at radius 1 is 1.37 bits per heavy atom. The van der Waals surface area contributed by atoms with E-state index in [2.05, 4.69) is 10.5 Å². The number of rotatable bonds is 10. The molecular formula is C23H27FO6. The average molecular weight is 418 g/mol. The van der Waals surface area contributed by atoms with Crippen LogP contribution in [-0.4, -0.2) is 41.5 Å². The number of benzene rings is 1. The Hall–Kier alpha value is -2.73. The second kappa shape index (κ2) is 11.5. The quantitative estimate of drug-likeness (QED) is 0.199. The van der Waals surface area contributed by atoms with Crippen LogP contribution in [0.3, 0.4) is 0 Å². The molecular weight excluding hydrogens is 391 g/mol. The van der Waals surface area contributed by atoms with Gasteiger partial charge in [0.25, 0.3) is 5.79 Å². The van der Waals surface area contributed by atoms with Gasteiger partial charge in [0.1, 0.15) is 17.3 Å². The van der Waals surface area contributed by atoms with E-state index in [0.29, 0.717) is 31.6 Å². The fourth-order valence-electron chi connectivity index (χ4n) is 3.27. The lowest BCUT2D eigenvalue weighted by atomic mass is 9.91. The molecule has 2 N–H and O–H groups in total. The predicted octanol–water partition coefficient (Wildman–Crippen LogP) is 3.09. The van der Waals surface area contributed by atoms with E-state index < -0.39 is 11.8 Å². The molecule has 1 saturated carbocycles. The molecule has 0 amide bonds. The molecule has 1 aliphatic carbocycles. The third kappa shape index (κ3) is 7.26. The van der Waals surface area contributed by atoms with Crippen LogP contribution in [0.1, 0.15) is 32.1 Å². The van der Waals surface area contributed by atoms with Gasteiger partial charge in [0.05, 0.1) is 13.7 Å². The van der Waals surface area contributed by atoms with Gasteiger partial charge in [0.2, 0.25) is 0 Å². The number of halogens is 1. The minimum absolute atomic E-state index is 0.120. The fraction of sp³-hybridized carbons (Fsp3) is 0.435. The summed E-state index contributed by atoms with van der Waals surface area (Å²) in [6.45, 7) is 0.415. The third-order valence-corrected chi connectivity index (χ3v) is 4.89. The fourth-order valence-corrected chi connectivity index (χ4v) is 3.27. The van der Waals surface area contributed by atoms with Crippen molar-refractivity contribution in [1.82, 2.24) is 0 Å². The Morgan fingerprint density at radius 3 is 2.90 bits per heavy atom. The summed E-state index contributed by atoms with van der Waals surface area (Å²) in [4.78, 5) is 23.3. The second-order valence-corrected chi connectivity index (χ2v) is 7.12. The summed E-state index contributed by atoms with van der Waals surface area (Å²) in [6, 6.07) is 5.98. The predicted molar refractivity (Wildman–Crippen MR) is 108 cm³/mol. The highest BCUT2D eigenvalue weighted by atomic mass is 19.1. The minimum atomic E-state index is -2.59. The first-order valence-electron chi connectivity index (χ1n) is 9.84. The summed E-state index contributed by atoms with van der Waals surface area (Å²) < 4.78 is 22.9. The van der Waals surface area contributed by atoms with Gasteiger partial charge in [0.15, 0.2) is 0 Å². The molecule has 6 nitrogen and oxygen atoms in total. The lowest BCUT2D eigenvalue weighted by molar-refractivity contribution is -0.205. The largest absolute Gasteiger partial charge is 0.493 e. The van der Waals surface area contributed by atoms with Gasteiger partial charge >= 0.3 is 5.97 Å². The van der Waals surface area contributed by atoms with Crippen molar-refractivity contribution >= 4 is 11.8 Å². The number of esters is 1. The Labute approximate surface area is 175 Å². The number of Topliss-reactive ketones (excluding diaryl/α,β-unsaturated/α-hetero) is 1. The highest BCUT2D eigenvalue weighted by Crippen LogP contribution is 2.32. The van der Waals surface area contributed by atoms with Crippen molar-refractivity contribution in [2.75, 3.05) is 13.7 Å². The van der Waals surface area contributed by atoms with Crippen molar-refractivity contribution in [2.45, 2.75) is 37.9 Å². The van der Waals surface area contributed by atoms with Crippen molar-refractivity contribution in [1.29, 1.82) is 0 Å². The zero-order chi connectivity index (χ0) is 22.0. The SMILES string of the molecule is COC(=O)C(O)(O)CC=C=CC[C@H]1C(=O)CC[C@@H]1/C=C/CCOc1cccc(F)c1. The van der Waals surface area contributed by atoms with Crippen molar-refractivity contribution < 1.29 is 33.7 Å². The third-order valence-electron chi connectivity index (χ3n) is 4.89. The maximum Gasteiger partial charge on any atom is 0.366 e. The van der Waals surface area contributed by atoms with Gasteiger partial charge in [-0.05, 0) is 49.5 Å². The molecule has 162 valence electrons. The molecule has 0 radical (unpaired) electrons. The van der Waals surface area contributed by atoms with Crippen LogP contribution in [0.25, 0.3) is 0 Å². The van der Waals surface area contributed by atoms with Crippen molar-refractivity contribution in [3.8, 4) is 5.75 Å². The molecule has 0 spiro atoms. The number of hydrogen-bond donors (Lipinski definition) is 2. The number of hydrogen-bond acceptors (Lipinski definition) is 6. The van der Waals surface area contributed by atoms with Gasteiger partial charge < -0.3 is 19.7 Å². The first kappa shape index (κ1) is 23.5. The van der Waals surface area contributed by atoms with E-state index in [-0.39, 0.29) is 29.9 Å². The van der Waals surface area contributed by atoms with Gasteiger partial charge in [-0.15, -0.1) is 5.73 Å². The topological polar surface area (TPSA) is 93.1 Å². The van der Waals surface area contributed by atoms with Gasteiger partial charge in [-0.2, -0.15) is 0 Å². The number of ketones is 1. The summed E-state index contributed by atoms with van der Waals surface area (Å²) >= 11 is 0. The molecule has 0 bridgehead atoms. The van der Waals surface area contributed by atoms with Crippen molar-refractivity contribution in [3.05, 3.63) is 60.1 Å². The summed E-state index contributed by atoms with van der Waals surface area (Å²) in [7, 11) is 1.07. The minimum Gasteiger partial charge on any atom is -0.493 e. The average Bonchev–Trinajstić information content (AvgIpc) is 3.06. The Kier molecular flexibility index (Phi) is 8.99. The lowest BCUT2D eigenvalue weighted by Crippen LogP contribution is -2.38. The number of methoxy groups -OCH3 is 1. The molecule has 1 aromatic rings. The zero-order valence-corrected chi connectivity index (χ0v) is 16.9. The molecule has 30 heavy (non-hydrogen) atoms. The molecule has 0 aliphatic heterocycles. The molecule has 1 aliphatic rings. The Morgan fingerprint density at radius 2 is 2.17 bits per heavy atom. The summed E-state index contributed by atoms with van der Waals surface area (Å²) in [5.74, 6) is -3.43. The first-order chi connectivity index (χ1) is 14.3. The van der Waals surface area contributed by atoms with E-state index in [1.54, 1.807) is 18.2 Å². The van der Waals surface area contributed by atoms with Crippen LogP contribution >= 0.6 is 0 Å². The Balaban J connectivity index is 1.79. The van der Waals surface area contributed by atoms with E-state index in [0.717, 1.165) is 13.5 Å². The molecule has 0 saturated heterocycles. The highest BCUT2D eigenvalue weighted by Gasteiger charge is 2.33. The van der Waals surface area contributed by atoms with Crippen LogP contribution in [-0.2, 0) is 14.3 Å². The van der Waals surface area contributed by atoms with Crippen LogP contribution in [0.5, 0.6) is 5.75 Å². The van der Waals surface area contributed by atoms with E-state index in [4.69, 9.17) is 4.74 Å². The van der Waals surface area contributed by atoms with Gasteiger partial charge in [-0.25, -0.2) is 9.18 Å². The number of aliphatic hydroxyl groups is 2. The van der Waals surface area contributed by atoms with Crippen LogP contribution in [0, 0.1) is 17.7 Å². The van der Waals surface area contributed by atoms with Crippen LogP contribution < -0.4 is 4.74 Å². The summed E-state index contributed by atoms with van der Waals surface area (Å²) in [6.07, 6.45) is 9.04. The maximum atomic E-state index is 13.1. The normalized spacial score (nSPS) is 18.9. The molecule has 0 unspecified atom stereocenters. The summed E-state index contributed by atoms with van der Waals surface area (Å²) in [5, 5.41) is 19.0. The standard InChI is InChI=1S/C23H27FO6/c1-29-22(26)23(27,28)14-5-2-3-11-20-17(12-13-21(20)25)8-4-6-15-30-19-10-7-9-18(24)16-19/h3-5,7-10,16-17,20,27-28H,6,11-15H2,1H3/b8-4+/t2?,17-,20+/m0/s1. The maximum absolute atomic E-state index is 13.1. The number of allylic oxidation sites excluding steroid dienone is 1. The van der Waals surface area contributed by atoms with Gasteiger partial charge in [-0.1, -0.05) is 18.2 Å². The molecule has 1 aromatic carbocycles. The van der Waals surface area contributed by atoms with E-state index in [1.165, 1.54) is 18.2 Å². The highest BCUT2D eigenvalue weighted by molar-refractivity contribution is 5.83. The monoisotopic (exact) mass is 418 g/mol. The van der Waals surface area contributed by atoms with Crippen LogP contribution in [0.15, 0.2) is 54.3 Å². The first-order valence-corrected chi connectivity index (χ1v) is 9.84. The van der Waals surface area contributed by atoms with Crippen molar-refractivity contribution in [2.24, 2.45) is 11.8 Å². The van der Waals surface area contributed by atoms with E-state index in [9.17, 15) is 24.2 Å². The van der Waals surface area contributed by atoms with E-state index >= 15 is 0 Å². The zero-order valence-electron chi connectivity index (χ0n) is 16.9. The second-order valence-electron chi connectivity index (χ2n) is 7.12. The molecule has 2 rings (SSSR count). The molecule has 0 aromatic heterocycles. The molecule has 2 atom stereocenters. The van der Waals surface area contributed by atoms with Crippen molar-refractivity contribution in [3.63, 3.8) is 0 Å². The van der Waals surface area contributed by atoms with Gasteiger partial charge in [0, 0.05) is 24.8 Å². The summed E-state index contributed by atoms with van der Waals surface area (Å²) in [5.41, 5.74) is 2.78. The molecule has 1 fully saturated rings.